The fraction of sp³-hybridized carbons (Fsp3) is 0.619. The highest BCUT2D eigenvalue weighted by Gasteiger charge is 2.58. The summed E-state index contributed by atoms with van der Waals surface area (Å²) in [5, 5.41) is 2.77. The standard InChI is InChI=1S/C21H30N2O5S/c1-12(2)28-11-7-10-22-18(24)17-21(3,4)29-20-13-8-9-14(26-5)16(27-6)15(13)19(25)23(17)20/h8-9,12,17,20H,7,10-11H2,1-6H3,(H,22,24)/t17-,20-/m0/s1. The predicted octanol–water partition coefficient (Wildman–Crippen LogP) is 2.98. The number of hydrogen-bond donors (Lipinski definition) is 1. The van der Waals surface area contributed by atoms with Crippen LogP contribution in [0.15, 0.2) is 12.1 Å². The number of carbonyl (C=O) groups is 2. The molecule has 0 spiro atoms. The van der Waals surface area contributed by atoms with Crippen LogP contribution in [0.1, 0.15) is 55.4 Å². The molecule has 1 fully saturated rings. The Morgan fingerprint density at radius 3 is 2.62 bits per heavy atom. The number of ether oxygens (including phenoxy) is 3. The number of hydrogen-bond acceptors (Lipinski definition) is 6. The van der Waals surface area contributed by atoms with Crippen LogP contribution < -0.4 is 14.8 Å². The Morgan fingerprint density at radius 2 is 2.00 bits per heavy atom. The van der Waals surface area contributed by atoms with Gasteiger partial charge >= 0.3 is 0 Å². The van der Waals surface area contributed by atoms with Crippen molar-refractivity contribution in [2.75, 3.05) is 27.4 Å². The third kappa shape index (κ3) is 3.92. The predicted molar refractivity (Wildman–Crippen MR) is 113 cm³/mol. The van der Waals surface area contributed by atoms with Gasteiger partial charge in [-0.25, -0.2) is 0 Å². The van der Waals surface area contributed by atoms with Crippen LogP contribution in [0, 0.1) is 0 Å². The molecule has 2 aliphatic rings. The van der Waals surface area contributed by atoms with Crippen molar-refractivity contribution in [3.8, 4) is 11.5 Å². The van der Waals surface area contributed by atoms with Gasteiger partial charge in [-0.15, -0.1) is 11.8 Å². The Morgan fingerprint density at radius 1 is 1.28 bits per heavy atom. The summed E-state index contributed by atoms with van der Waals surface area (Å²) in [6, 6.07) is 3.13. The summed E-state index contributed by atoms with van der Waals surface area (Å²) in [7, 11) is 3.07. The van der Waals surface area contributed by atoms with Crippen molar-refractivity contribution >= 4 is 23.6 Å². The largest absolute Gasteiger partial charge is 0.493 e. The average molecular weight is 423 g/mol. The number of carbonyl (C=O) groups excluding carboxylic acids is 2. The summed E-state index contributed by atoms with van der Waals surface area (Å²) in [5.74, 6) is 0.604. The summed E-state index contributed by atoms with van der Waals surface area (Å²) >= 11 is 1.62. The minimum atomic E-state index is -0.570. The molecule has 0 unspecified atom stereocenters. The third-order valence-electron chi connectivity index (χ3n) is 5.22. The number of fused-ring (bicyclic) bond motifs is 3. The molecule has 7 nitrogen and oxygen atoms in total. The van der Waals surface area contributed by atoms with Gasteiger partial charge in [0.1, 0.15) is 11.4 Å². The van der Waals surface area contributed by atoms with Crippen LogP contribution in [0.25, 0.3) is 0 Å². The number of nitrogens with zero attached hydrogens (tertiary/aromatic N) is 1. The molecule has 29 heavy (non-hydrogen) atoms. The van der Waals surface area contributed by atoms with Gasteiger partial charge in [0.2, 0.25) is 5.91 Å². The van der Waals surface area contributed by atoms with Gasteiger partial charge in [-0.1, -0.05) is 6.07 Å². The first kappa shape index (κ1) is 21.8. The summed E-state index contributed by atoms with van der Waals surface area (Å²) in [5.41, 5.74) is 1.36. The van der Waals surface area contributed by atoms with Gasteiger partial charge in [-0.2, -0.15) is 0 Å². The molecule has 2 aliphatic heterocycles. The minimum absolute atomic E-state index is 0.137. The highest BCUT2D eigenvalue weighted by atomic mass is 32.2. The lowest BCUT2D eigenvalue weighted by atomic mass is 10.0. The maximum absolute atomic E-state index is 13.4. The number of thioether (sulfide) groups is 1. The number of rotatable bonds is 8. The van der Waals surface area contributed by atoms with Gasteiger partial charge in [0, 0.05) is 23.5 Å². The van der Waals surface area contributed by atoms with Crippen molar-refractivity contribution in [2.24, 2.45) is 0 Å². The van der Waals surface area contributed by atoms with Gasteiger partial charge in [0.25, 0.3) is 5.91 Å². The Hall–Kier alpha value is -1.93. The molecule has 0 saturated carbocycles. The molecular weight excluding hydrogens is 392 g/mol. The van der Waals surface area contributed by atoms with Crippen molar-refractivity contribution in [3.63, 3.8) is 0 Å². The SMILES string of the molecule is COc1ccc2c(c1OC)C(=O)N1[C@@H](C(=O)NCCCOC(C)C)C(C)(C)S[C@@H]21. The van der Waals surface area contributed by atoms with Crippen LogP contribution >= 0.6 is 11.8 Å². The minimum Gasteiger partial charge on any atom is -0.493 e. The zero-order chi connectivity index (χ0) is 21.3. The topological polar surface area (TPSA) is 77.1 Å². The van der Waals surface area contributed by atoms with Crippen LogP contribution in [-0.4, -0.2) is 61.0 Å². The molecule has 8 heteroatoms. The normalized spacial score (nSPS) is 21.9. The van der Waals surface area contributed by atoms with Gasteiger partial charge < -0.3 is 24.4 Å². The van der Waals surface area contributed by atoms with E-state index in [-0.39, 0.29) is 23.3 Å². The van der Waals surface area contributed by atoms with E-state index < -0.39 is 10.8 Å². The van der Waals surface area contributed by atoms with E-state index in [0.29, 0.717) is 30.2 Å². The number of methoxy groups -OCH3 is 2. The zero-order valence-corrected chi connectivity index (χ0v) is 18.7. The van der Waals surface area contributed by atoms with Crippen molar-refractivity contribution in [3.05, 3.63) is 23.3 Å². The number of benzene rings is 1. The first-order valence-corrected chi connectivity index (χ1v) is 10.8. The molecule has 1 aromatic carbocycles. The molecule has 0 radical (unpaired) electrons. The summed E-state index contributed by atoms with van der Waals surface area (Å²) in [6.07, 6.45) is 0.900. The molecular formula is C21H30N2O5S. The van der Waals surface area contributed by atoms with E-state index in [2.05, 4.69) is 5.32 Å². The number of nitrogens with one attached hydrogen (secondary N) is 1. The fourth-order valence-electron chi connectivity index (χ4n) is 3.96. The first-order chi connectivity index (χ1) is 13.7. The van der Waals surface area contributed by atoms with Crippen molar-refractivity contribution in [1.82, 2.24) is 10.2 Å². The maximum Gasteiger partial charge on any atom is 0.260 e. The smallest absolute Gasteiger partial charge is 0.260 e. The van der Waals surface area contributed by atoms with E-state index in [4.69, 9.17) is 14.2 Å². The summed E-state index contributed by atoms with van der Waals surface area (Å²) < 4.78 is 15.9. The number of amides is 2. The molecule has 1 saturated heterocycles. The first-order valence-electron chi connectivity index (χ1n) is 9.87. The average Bonchev–Trinajstić information content (AvgIpc) is 3.09. The summed E-state index contributed by atoms with van der Waals surface area (Å²) in [6.45, 7) is 9.09. The third-order valence-corrected chi connectivity index (χ3v) is 6.75. The molecule has 0 aromatic heterocycles. The molecule has 2 heterocycles. The Bertz CT molecular complexity index is 796. The van der Waals surface area contributed by atoms with E-state index in [0.717, 1.165) is 12.0 Å². The maximum atomic E-state index is 13.4. The second kappa shape index (κ2) is 8.44. The van der Waals surface area contributed by atoms with E-state index in [1.54, 1.807) is 23.8 Å². The van der Waals surface area contributed by atoms with E-state index in [9.17, 15) is 9.59 Å². The van der Waals surface area contributed by atoms with Gasteiger partial charge in [0.05, 0.1) is 25.9 Å². The van der Waals surface area contributed by atoms with Crippen molar-refractivity contribution < 1.29 is 23.8 Å². The highest BCUT2D eigenvalue weighted by molar-refractivity contribution is 8.01. The van der Waals surface area contributed by atoms with E-state index in [1.165, 1.54) is 7.11 Å². The van der Waals surface area contributed by atoms with E-state index in [1.807, 2.05) is 39.8 Å². The van der Waals surface area contributed by atoms with Crippen molar-refractivity contribution in [1.29, 1.82) is 0 Å². The Kier molecular flexibility index (Phi) is 6.33. The van der Waals surface area contributed by atoms with Crippen LogP contribution in [0.3, 0.4) is 0 Å². The van der Waals surface area contributed by atoms with E-state index >= 15 is 0 Å². The molecule has 160 valence electrons. The second-order valence-corrected chi connectivity index (χ2v) is 9.75. The van der Waals surface area contributed by atoms with Gasteiger partial charge in [0.15, 0.2) is 11.5 Å². The van der Waals surface area contributed by atoms with Crippen LogP contribution in [-0.2, 0) is 9.53 Å². The molecule has 1 aromatic rings. The molecule has 2 atom stereocenters. The monoisotopic (exact) mass is 422 g/mol. The van der Waals surface area contributed by atoms with Gasteiger partial charge in [-0.3, -0.25) is 9.59 Å². The molecule has 2 amide bonds. The summed E-state index contributed by atoms with van der Waals surface area (Å²) in [4.78, 5) is 28.1. The van der Waals surface area contributed by atoms with Gasteiger partial charge in [-0.05, 0) is 40.2 Å². The van der Waals surface area contributed by atoms with Crippen LogP contribution in [0.2, 0.25) is 0 Å². The molecule has 3 rings (SSSR count). The van der Waals surface area contributed by atoms with Crippen LogP contribution in [0.4, 0.5) is 0 Å². The Labute approximate surface area is 176 Å². The van der Waals surface area contributed by atoms with Crippen molar-refractivity contribution in [2.45, 2.75) is 56.4 Å². The second-order valence-electron chi connectivity index (χ2n) is 8.02. The lowest BCUT2D eigenvalue weighted by Crippen LogP contribution is -2.52. The lowest BCUT2D eigenvalue weighted by molar-refractivity contribution is -0.126. The quantitative estimate of drug-likeness (QED) is 0.649. The van der Waals surface area contributed by atoms with Crippen LogP contribution in [0.5, 0.6) is 11.5 Å². The zero-order valence-electron chi connectivity index (χ0n) is 17.9. The highest BCUT2D eigenvalue weighted by Crippen LogP contribution is 2.58. The Balaban J connectivity index is 1.81. The fourth-order valence-corrected chi connectivity index (χ4v) is 5.53. The molecule has 0 bridgehead atoms. The molecule has 1 N–H and O–H groups in total. The molecule has 0 aliphatic carbocycles. The lowest BCUT2D eigenvalue weighted by Gasteiger charge is -2.29.